The number of aromatic nitrogens is 1. The molecule has 1 saturated heterocycles. The molecule has 1 atom stereocenters. The minimum absolute atomic E-state index is 0.00574. The van der Waals surface area contributed by atoms with Gasteiger partial charge in [0.2, 0.25) is 5.91 Å². The summed E-state index contributed by atoms with van der Waals surface area (Å²) in [5.74, 6) is 0.0894. The highest BCUT2D eigenvalue weighted by Crippen LogP contribution is 2.32. The van der Waals surface area contributed by atoms with E-state index in [1.165, 1.54) is 4.70 Å². The Labute approximate surface area is 151 Å². The van der Waals surface area contributed by atoms with Crippen LogP contribution in [0, 0.1) is 0 Å². The number of nitrogens with one attached hydrogen (secondary N) is 2. The summed E-state index contributed by atoms with van der Waals surface area (Å²) in [7, 11) is 0. The number of fused-ring (bicyclic) bond motifs is 1. The van der Waals surface area contributed by atoms with Crippen LogP contribution in [0.4, 0.5) is 4.79 Å². The number of hydrogen-bond acceptors (Lipinski definition) is 5. The van der Waals surface area contributed by atoms with Crippen molar-refractivity contribution in [2.24, 2.45) is 0 Å². The van der Waals surface area contributed by atoms with Crippen LogP contribution in [0.2, 0.25) is 0 Å². The van der Waals surface area contributed by atoms with Gasteiger partial charge in [0, 0.05) is 18.5 Å². The first-order valence-electron chi connectivity index (χ1n) is 8.69. The fourth-order valence-electron chi connectivity index (χ4n) is 3.13. The Bertz CT molecular complexity index is 725. The third kappa shape index (κ3) is 4.76. The van der Waals surface area contributed by atoms with E-state index in [0.717, 1.165) is 36.5 Å². The van der Waals surface area contributed by atoms with E-state index in [9.17, 15) is 9.59 Å². The Morgan fingerprint density at radius 2 is 2.16 bits per heavy atom. The predicted octanol–water partition coefficient (Wildman–Crippen LogP) is 2.71. The van der Waals surface area contributed by atoms with E-state index in [2.05, 4.69) is 21.6 Å². The lowest BCUT2D eigenvalue weighted by atomic mass is 9.99. The average molecular weight is 360 g/mol. The molecule has 1 fully saturated rings. The maximum atomic E-state index is 12.1. The lowest BCUT2D eigenvalue weighted by Crippen LogP contribution is -2.47. The van der Waals surface area contributed by atoms with Gasteiger partial charge in [0.25, 0.3) is 0 Å². The minimum Gasteiger partial charge on any atom is -0.336 e. The third-order valence-electron chi connectivity index (χ3n) is 4.21. The van der Waals surface area contributed by atoms with Gasteiger partial charge < -0.3 is 5.32 Å². The SMILES string of the molecule is CC(C)NC(=O)NC(=O)CN1CCC[C@H](c2nc3ccccc3s2)C1. The van der Waals surface area contributed by atoms with Gasteiger partial charge in [-0.2, -0.15) is 0 Å². The molecule has 0 saturated carbocycles. The fraction of sp³-hybridized carbons (Fsp3) is 0.500. The smallest absolute Gasteiger partial charge is 0.321 e. The number of amides is 3. The second-order valence-electron chi connectivity index (χ2n) is 6.77. The first kappa shape index (κ1) is 17.8. The van der Waals surface area contributed by atoms with Gasteiger partial charge in [-0.3, -0.25) is 15.0 Å². The van der Waals surface area contributed by atoms with Gasteiger partial charge in [-0.05, 0) is 45.4 Å². The Hall–Kier alpha value is -1.99. The Morgan fingerprint density at radius 1 is 1.36 bits per heavy atom. The molecule has 0 radical (unpaired) electrons. The molecular weight excluding hydrogens is 336 g/mol. The fourth-order valence-corrected chi connectivity index (χ4v) is 4.23. The highest BCUT2D eigenvalue weighted by molar-refractivity contribution is 7.18. The number of urea groups is 1. The van der Waals surface area contributed by atoms with Crippen LogP contribution in [-0.4, -0.2) is 47.5 Å². The number of carbonyl (C=O) groups is 2. The van der Waals surface area contributed by atoms with Crippen LogP contribution in [0.1, 0.15) is 37.6 Å². The van der Waals surface area contributed by atoms with Crippen molar-refractivity contribution in [3.8, 4) is 0 Å². The largest absolute Gasteiger partial charge is 0.336 e. The third-order valence-corrected chi connectivity index (χ3v) is 5.40. The quantitative estimate of drug-likeness (QED) is 0.879. The second kappa shape index (κ2) is 7.93. The van der Waals surface area contributed by atoms with E-state index in [0.29, 0.717) is 5.92 Å². The standard InChI is InChI=1S/C18H24N4O2S/c1-12(2)19-18(24)21-16(23)11-22-9-5-6-13(10-22)17-20-14-7-3-4-8-15(14)25-17/h3-4,7-8,12-13H,5-6,9-11H2,1-2H3,(H2,19,21,23,24)/t13-/m0/s1. The molecule has 7 heteroatoms. The monoisotopic (exact) mass is 360 g/mol. The molecule has 0 unspecified atom stereocenters. The molecule has 1 aliphatic heterocycles. The summed E-state index contributed by atoms with van der Waals surface area (Å²) < 4.78 is 1.21. The van der Waals surface area contributed by atoms with Crippen molar-refractivity contribution in [1.82, 2.24) is 20.5 Å². The molecule has 0 aliphatic carbocycles. The maximum Gasteiger partial charge on any atom is 0.321 e. The molecule has 3 amide bonds. The molecule has 3 rings (SSSR count). The number of rotatable bonds is 4. The minimum atomic E-state index is -0.431. The molecule has 0 spiro atoms. The number of carbonyl (C=O) groups excluding carboxylic acids is 2. The van der Waals surface area contributed by atoms with E-state index in [-0.39, 0.29) is 18.5 Å². The number of nitrogens with zero attached hydrogens (tertiary/aromatic N) is 2. The van der Waals surface area contributed by atoms with Gasteiger partial charge >= 0.3 is 6.03 Å². The van der Waals surface area contributed by atoms with E-state index < -0.39 is 6.03 Å². The molecule has 6 nitrogen and oxygen atoms in total. The van der Waals surface area contributed by atoms with Crippen LogP contribution in [0.5, 0.6) is 0 Å². The first-order valence-corrected chi connectivity index (χ1v) is 9.51. The van der Waals surface area contributed by atoms with Crippen LogP contribution >= 0.6 is 11.3 Å². The summed E-state index contributed by atoms with van der Waals surface area (Å²) >= 11 is 1.74. The lowest BCUT2D eigenvalue weighted by molar-refractivity contribution is -0.121. The van der Waals surface area contributed by atoms with Crippen LogP contribution in [-0.2, 0) is 4.79 Å². The van der Waals surface area contributed by atoms with E-state index in [4.69, 9.17) is 4.98 Å². The van der Waals surface area contributed by atoms with Crippen molar-refractivity contribution in [1.29, 1.82) is 0 Å². The van der Waals surface area contributed by atoms with Crippen molar-refractivity contribution < 1.29 is 9.59 Å². The Kier molecular flexibility index (Phi) is 5.65. The number of para-hydroxylation sites is 1. The molecule has 2 aromatic rings. The molecule has 25 heavy (non-hydrogen) atoms. The Balaban J connectivity index is 1.57. The number of likely N-dealkylation sites (tertiary alicyclic amines) is 1. The van der Waals surface area contributed by atoms with Crippen LogP contribution in [0.15, 0.2) is 24.3 Å². The van der Waals surface area contributed by atoms with Crippen molar-refractivity contribution in [2.75, 3.05) is 19.6 Å². The van der Waals surface area contributed by atoms with Crippen molar-refractivity contribution >= 4 is 33.5 Å². The highest BCUT2D eigenvalue weighted by Gasteiger charge is 2.25. The molecule has 134 valence electrons. The summed E-state index contributed by atoms with van der Waals surface area (Å²) in [6.07, 6.45) is 2.12. The molecular formula is C18H24N4O2S. The maximum absolute atomic E-state index is 12.1. The molecule has 2 heterocycles. The van der Waals surface area contributed by atoms with Crippen LogP contribution in [0.3, 0.4) is 0 Å². The van der Waals surface area contributed by atoms with Crippen LogP contribution in [0.25, 0.3) is 10.2 Å². The lowest BCUT2D eigenvalue weighted by Gasteiger charge is -2.31. The molecule has 1 aliphatic rings. The van der Waals surface area contributed by atoms with Gasteiger partial charge in [0.15, 0.2) is 0 Å². The molecule has 1 aromatic heterocycles. The predicted molar refractivity (Wildman–Crippen MR) is 99.8 cm³/mol. The van der Waals surface area contributed by atoms with Gasteiger partial charge in [-0.15, -0.1) is 11.3 Å². The van der Waals surface area contributed by atoms with Crippen molar-refractivity contribution in [2.45, 2.75) is 38.6 Å². The van der Waals surface area contributed by atoms with Crippen LogP contribution < -0.4 is 10.6 Å². The number of piperidine rings is 1. The molecule has 2 N–H and O–H groups in total. The van der Waals surface area contributed by atoms with Crippen molar-refractivity contribution in [3.63, 3.8) is 0 Å². The highest BCUT2D eigenvalue weighted by atomic mass is 32.1. The number of benzene rings is 1. The molecule has 0 bridgehead atoms. The number of imide groups is 1. The van der Waals surface area contributed by atoms with E-state index >= 15 is 0 Å². The zero-order valence-electron chi connectivity index (χ0n) is 14.6. The number of thiazole rings is 1. The number of hydrogen-bond donors (Lipinski definition) is 2. The average Bonchev–Trinajstić information content (AvgIpc) is 2.98. The van der Waals surface area contributed by atoms with Gasteiger partial charge in [0.1, 0.15) is 0 Å². The van der Waals surface area contributed by atoms with Gasteiger partial charge in [-0.1, -0.05) is 12.1 Å². The van der Waals surface area contributed by atoms with Gasteiger partial charge in [0.05, 0.1) is 21.8 Å². The summed E-state index contributed by atoms with van der Waals surface area (Å²) in [4.78, 5) is 30.5. The van der Waals surface area contributed by atoms with E-state index in [1.54, 1.807) is 11.3 Å². The topological polar surface area (TPSA) is 74.3 Å². The summed E-state index contributed by atoms with van der Waals surface area (Å²) in [6, 6.07) is 7.75. The Morgan fingerprint density at radius 3 is 2.92 bits per heavy atom. The second-order valence-corrected chi connectivity index (χ2v) is 7.83. The van der Waals surface area contributed by atoms with Crippen molar-refractivity contribution in [3.05, 3.63) is 29.3 Å². The summed E-state index contributed by atoms with van der Waals surface area (Å²) in [6.45, 7) is 5.64. The zero-order valence-corrected chi connectivity index (χ0v) is 15.4. The van der Waals surface area contributed by atoms with Gasteiger partial charge in [-0.25, -0.2) is 9.78 Å². The molecule has 1 aromatic carbocycles. The zero-order chi connectivity index (χ0) is 17.8. The first-order chi connectivity index (χ1) is 12.0. The summed E-state index contributed by atoms with van der Waals surface area (Å²) in [5.41, 5.74) is 1.04. The van der Waals surface area contributed by atoms with E-state index in [1.807, 2.05) is 32.0 Å². The summed E-state index contributed by atoms with van der Waals surface area (Å²) in [5, 5.41) is 6.20. The normalized spacial score (nSPS) is 18.4.